The Kier molecular flexibility index (Phi) is 12.1. The third-order valence-corrected chi connectivity index (χ3v) is 7.36. The maximum atomic E-state index is 13.6. The summed E-state index contributed by atoms with van der Waals surface area (Å²) in [7, 11) is 0. The van der Waals surface area contributed by atoms with Crippen molar-refractivity contribution < 1.29 is 8.97 Å². The molecule has 1 N–H and O–H groups in total. The van der Waals surface area contributed by atoms with E-state index in [0.717, 1.165) is 55.5 Å². The van der Waals surface area contributed by atoms with Gasteiger partial charge in [0.05, 0.1) is 6.04 Å². The zero-order chi connectivity index (χ0) is 28.9. The Labute approximate surface area is 241 Å². The van der Waals surface area contributed by atoms with Crippen molar-refractivity contribution in [2.45, 2.75) is 79.2 Å². The van der Waals surface area contributed by atoms with Gasteiger partial charge in [0.1, 0.15) is 11.9 Å². The highest BCUT2D eigenvalue weighted by molar-refractivity contribution is 5.95. The Morgan fingerprint density at radius 2 is 1.43 bits per heavy atom. The SMILES string of the molecule is C=C(/C=C(/NC(CCC)CCC)[N+]1=C(C)C(F)=C1)c1ccccc1CC.CCc1ccc(-c2ccccc2)cc1. The Balaban J connectivity index is 0.000000263. The van der Waals surface area contributed by atoms with Crippen molar-refractivity contribution in [3.8, 4) is 11.1 Å². The van der Waals surface area contributed by atoms with Crippen LogP contribution in [0.1, 0.15) is 77.0 Å². The fraction of sp³-hybridized carbons (Fsp3) is 0.324. The van der Waals surface area contributed by atoms with E-state index >= 15 is 0 Å². The summed E-state index contributed by atoms with van der Waals surface area (Å²) in [5.74, 6) is 0.756. The molecular weight excluding hydrogens is 491 g/mol. The first-order chi connectivity index (χ1) is 19.4. The van der Waals surface area contributed by atoms with Crippen molar-refractivity contribution in [3.05, 3.63) is 126 Å². The molecule has 0 aromatic heterocycles. The second kappa shape index (κ2) is 15.8. The topological polar surface area (TPSA) is 15.0 Å². The van der Waals surface area contributed by atoms with Gasteiger partial charge in [-0.3, -0.25) is 5.32 Å². The molecule has 3 aromatic rings. The van der Waals surface area contributed by atoms with Crippen molar-refractivity contribution in [2.24, 2.45) is 0 Å². The predicted octanol–water partition coefficient (Wildman–Crippen LogP) is 9.88. The van der Waals surface area contributed by atoms with Crippen LogP contribution in [0.5, 0.6) is 0 Å². The first-order valence-electron chi connectivity index (χ1n) is 14.8. The van der Waals surface area contributed by atoms with Gasteiger partial charge in [-0.15, -0.1) is 0 Å². The molecule has 0 unspecified atom stereocenters. The van der Waals surface area contributed by atoms with Crippen LogP contribution in [0, 0.1) is 0 Å². The Hall–Kier alpha value is -3.72. The quantitative estimate of drug-likeness (QED) is 0.179. The van der Waals surface area contributed by atoms with Crippen LogP contribution >= 0.6 is 0 Å². The van der Waals surface area contributed by atoms with E-state index < -0.39 is 0 Å². The molecular formula is C37H46FN2+. The molecule has 3 aromatic carbocycles. The van der Waals surface area contributed by atoms with Crippen LogP contribution in [0.3, 0.4) is 0 Å². The summed E-state index contributed by atoms with van der Waals surface area (Å²) < 4.78 is 15.5. The number of benzene rings is 3. The lowest BCUT2D eigenvalue weighted by molar-refractivity contribution is -0.424. The minimum Gasteiger partial charge on any atom is -0.271 e. The molecule has 1 aliphatic heterocycles. The van der Waals surface area contributed by atoms with Crippen molar-refractivity contribution >= 4 is 11.3 Å². The number of aryl methyl sites for hydroxylation is 2. The standard InChI is InChI=1S/C23H32FN2.C14H14/c1-6-11-20(12-7-2)25-23(26-16-22(24)18(26)5)15-17(4)21-14-10-9-13-19(21)8-3;1-2-12-8-10-14(11-9-12)13-6-4-3-5-7-13/h9-10,13-16,20,25H,4,6-8,11-12H2,1-3,5H3;3-11H,2H2,1H3/q+1;/b23-15-;. The van der Waals surface area contributed by atoms with Crippen molar-refractivity contribution in [1.82, 2.24) is 5.32 Å². The zero-order valence-corrected chi connectivity index (χ0v) is 25.0. The molecule has 40 heavy (non-hydrogen) atoms. The average molecular weight is 538 g/mol. The van der Waals surface area contributed by atoms with Crippen molar-refractivity contribution in [3.63, 3.8) is 0 Å². The van der Waals surface area contributed by atoms with Gasteiger partial charge < -0.3 is 0 Å². The summed E-state index contributed by atoms with van der Waals surface area (Å²) >= 11 is 0. The lowest BCUT2D eigenvalue weighted by atomic mass is 9.98. The maximum Gasteiger partial charge on any atom is 0.280 e. The lowest BCUT2D eigenvalue weighted by Crippen LogP contribution is -2.36. The molecule has 0 spiro atoms. The highest BCUT2D eigenvalue weighted by atomic mass is 19.1. The molecule has 0 saturated carbocycles. The van der Waals surface area contributed by atoms with E-state index in [1.807, 2.05) is 23.6 Å². The fourth-order valence-corrected chi connectivity index (χ4v) is 4.93. The second-order valence-electron chi connectivity index (χ2n) is 10.3. The summed E-state index contributed by atoms with van der Waals surface area (Å²) in [5.41, 5.74) is 8.00. The van der Waals surface area contributed by atoms with Crippen molar-refractivity contribution in [2.75, 3.05) is 0 Å². The molecule has 0 amide bonds. The zero-order valence-electron chi connectivity index (χ0n) is 25.0. The molecule has 0 atom stereocenters. The van der Waals surface area contributed by atoms with Gasteiger partial charge in [-0.05, 0) is 59.1 Å². The smallest absolute Gasteiger partial charge is 0.271 e. The van der Waals surface area contributed by atoms with E-state index in [1.54, 1.807) is 6.20 Å². The molecule has 0 radical (unpaired) electrons. The van der Waals surface area contributed by atoms with Crippen LogP contribution < -0.4 is 5.32 Å². The van der Waals surface area contributed by atoms with E-state index in [4.69, 9.17) is 0 Å². The first-order valence-corrected chi connectivity index (χ1v) is 14.8. The third kappa shape index (κ3) is 8.39. The Morgan fingerprint density at radius 3 is 1.98 bits per heavy atom. The van der Waals surface area contributed by atoms with Crippen LogP contribution in [0.15, 0.2) is 109 Å². The predicted molar refractivity (Wildman–Crippen MR) is 171 cm³/mol. The van der Waals surface area contributed by atoms with E-state index in [1.165, 1.54) is 22.3 Å². The average Bonchev–Trinajstić information content (AvgIpc) is 3.00. The monoisotopic (exact) mass is 537 g/mol. The minimum atomic E-state index is -0.153. The Bertz CT molecular complexity index is 1320. The normalized spacial score (nSPS) is 12.9. The van der Waals surface area contributed by atoms with Gasteiger partial charge in [0, 0.05) is 13.0 Å². The van der Waals surface area contributed by atoms with Crippen LogP contribution in [-0.4, -0.2) is 16.3 Å². The summed E-state index contributed by atoms with van der Waals surface area (Å²) in [6.07, 6.45) is 10.1. The number of nitrogens with zero attached hydrogens (tertiary/aromatic N) is 1. The van der Waals surface area contributed by atoms with Crippen LogP contribution in [-0.2, 0) is 12.8 Å². The lowest BCUT2D eigenvalue weighted by Gasteiger charge is -2.20. The van der Waals surface area contributed by atoms with Gasteiger partial charge in [-0.25, -0.2) is 0 Å². The number of allylic oxidation sites excluding steroid dienone is 3. The van der Waals surface area contributed by atoms with E-state index in [0.29, 0.717) is 11.8 Å². The number of rotatable bonds is 12. The molecule has 0 bridgehead atoms. The molecule has 2 nitrogen and oxygen atoms in total. The summed E-state index contributed by atoms with van der Waals surface area (Å²) in [4.78, 5) is 0. The van der Waals surface area contributed by atoms with Gasteiger partial charge in [0.25, 0.3) is 5.82 Å². The van der Waals surface area contributed by atoms with Crippen LogP contribution in [0.2, 0.25) is 0 Å². The number of halogens is 1. The van der Waals surface area contributed by atoms with E-state index in [9.17, 15) is 4.39 Å². The van der Waals surface area contributed by atoms with Gasteiger partial charge in [0.15, 0.2) is 0 Å². The fourth-order valence-electron chi connectivity index (χ4n) is 4.93. The van der Waals surface area contributed by atoms with Gasteiger partial charge in [-0.2, -0.15) is 8.97 Å². The molecule has 4 rings (SSSR count). The largest absolute Gasteiger partial charge is 0.280 e. The molecule has 1 aliphatic rings. The third-order valence-electron chi connectivity index (χ3n) is 7.36. The summed E-state index contributed by atoms with van der Waals surface area (Å²) in [5, 5.41) is 3.64. The molecule has 1 heterocycles. The number of nitrogens with one attached hydrogen (secondary N) is 1. The maximum absolute atomic E-state index is 13.6. The molecule has 0 aliphatic carbocycles. The summed E-state index contributed by atoms with van der Waals surface area (Å²) in [6, 6.07) is 28.0. The Morgan fingerprint density at radius 1 is 0.825 bits per heavy atom. The highest BCUT2D eigenvalue weighted by Gasteiger charge is 2.27. The highest BCUT2D eigenvalue weighted by Crippen LogP contribution is 2.24. The minimum absolute atomic E-state index is 0.153. The van der Waals surface area contributed by atoms with Crippen LogP contribution in [0.25, 0.3) is 16.7 Å². The molecule has 210 valence electrons. The van der Waals surface area contributed by atoms with Gasteiger partial charge in [0.2, 0.25) is 5.83 Å². The molecule has 0 saturated heterocycles. The van der Waals surface area contributed by atoms with Crippen LogP contribution in [0.4, 0.5) is 4.39 Å². The van der Waals surface area contributed by atoms with Gasteiger partial charge in [-0.1, -0.05) is 126 Å². The first kappa shape index (κ1) is 30.8. The van der Waals surface area contributed by atoms with Crippen molar-refractivity contribution in [1.29, 1.82) is 0 Å². The molecule has 3 heteroatoms. The van der Waals surface area contributed by atoms with E-state index in [2.05, 4.69) is 112 Å². The van der Waals surface area contributed by atoms with E-state index in [-0.39, 0.29) is 5.83 Å². The number of hydrogen-bond acceptors (Lipinski definition) is 1. The second-order valence-corrected chi connectivity index (χ2v) is 10.3. The molecule has 0 fully saturated rings. The number of hydrogen-bond donors (Lipinski definition) is 1. The summed E-state index contributed by atoms with van der Waals surface area (Å²) in [6.45, 7) is 14.8. The van der Waals surface area contributed by atoms with Gasteiger partial charge >= 0.3 is 0 Å².